The van der Waals surface area contributed by atoms with Crippen LogP contribution in [0.3, 0.4) is 0 Å². The highest BCUT2D eigenvalue weighted by Crippen LogP contribution is 2.26. The maximum Gasteiger partial charge on any atom is 0.249 e. The van der Waals surface area contributed by atoms with Crippen molar-refractivity contribution in [1.29, 1.82) is 0 Å². The zero-order chi connectivity index (χ0) is 18.8. The minimum atomic E-state index is 0.417. The summed E-state index contributed by atoms with van der Waals surface area (Å²) in [5.41, 5.74) is 6.32. The Morgan fingerprint density at radius 1 is 0.889 bits per heavy atom. The van der Waals surface area contributed by atoms with E-state index in [2.05, 4.69) is 63.7 Å². The third kappa shape index (κ3) is 3.55. The van der Waals surface area contributed by atoms with Crippen LogP contribution < -0.4 is 10.6 Å². The zero-order valence-corrected chi connectivity index (χ0v) is 15.5. The van der Waals surface area contributed by atoms with E-state index >= 15 is 0 Å². The highest BCUT2D eigenvalue weighted by Gasteiger charge is 2.08. The van der Waals surface area contributed by atoms with Crippen molar-refractivity contribution in [3.05, 3.63) is 71.5 Å². The van der Waals surface area contributed by atoms with Gasteiger partial charge in [-0.2, -0.15) is 10.1 Å². The van der Waals surface area contributed by atoms with Gasteiger partial charge >= 0.3 is 0 Å². The fraction of sp³-hybridized carbons (Fsp3) is 0.143. The Hall–Kier alpha value is -3.54. The quantitative estimate of drug-likeness (QED) is 0.545. The zero-order valence-electron chi connectivity index (χ0n) is 15.5. The van der Waals surface area contributed by atoms with Gasteiger partial charge in [0.15, 0.2) is 5.82 Å². The Morgan fingerprint density at radius 3 is 2.48 bits per heavy atom. The molecule has 0 aliphatic heterocycles. The maximum absolute atomic E-state index is 4.55. The molecule has 6 nitrogen and oxygen atoms in total. The highest BCUT2D eigenvalue weighted by molar-refractivity contribution is 5.91. The van der Waals surface area contributed by atoms with Crippen molar-refractivity contribution in [3.8, 4) is 0 Å². The number of fused-ring (bicyclic) bond motifs is 1. The van der Waals surface area contributed by atoms with E-state index in [9.17, 15) is 0 Å². The van der Waals surface area contributed by atoms with E-state index in [-0.39, 0.29) is 0 Å². The van der Waals surface area contributed by atoms with Gasteiger partial charge in [-0.3, -0.25) is 4.98 Å². The van der Waals surface area contributed by atoms with Crippen molar-refractivity contribution in [1.82, 2.24) is 20.2 Å². The number of rotatable bonds is 4. The summed E-state index contributed by atoms with van der Waals surface area (Å²) in [4.78, 5) is 9.00. The third-order valence-electron chi connectivity index (χ3n) is 4.37. The lowest BCUT2D eigenvalue weighted by Crippen LogP contribution is -2.04. The van der Waals surface area contributed by atoms with Gasteiger partial charge in [0, 0.05) is 17.3 Å². The molecule has 2 aromatic carbocycles. The van der Waals surface area contributed by atoms with E-state index in [0.717, 1.165) is 22.3 Å². The van der Waals surface area contributed by atoms with Crippen LogP contribution in [-0.2, 0) is 0 Å². The van der Waals surface area contributed by atoms with Gasteiger partial charge in [-0.05, 0) is 44.0 Å². The summed E-state index contributed by atoms with van der Waals surface area (Å²) in [6.45, 7) is 6.26. The molecule has 0 saturated carbocycles. The summed E-state index contributed by atoms with van der Waals surface area (Å²) >= 11 is 0. The van der Waals surface area contributed by atoms with Gasteiger partial charge < -0.3 is 10.6 Å². The molecule has 0 bridgehead atoms. The Bertz CT molecular complexity index is 1090. The smallest absolute Gasteiger partial charge is 0.249 e. The number of aryl methyl sites for hydroxylation is 3. The van der Waals surface area contributed by atoms with Crippen LogP contribution in [0.5, 0.6) is 0 Å². The van der Waals surface area contributed by atoms with E-state index in [1.165, 1.54) is 16.7 Å². The molecule has 0 amide bonds. The maximum atomic E-state index is 4.55. The second-order valence-electron chi connectivity index (χ2n) is 6.57. The second-order valence-corrected chi connectivity index (χ2v) is 6.57. The van der Waals surface area contributed by atoms with Crippen LogP contribution in [0.25, 0.3) is 10.9 Å². The van der Waals surface area contributed by atoms with Crippen molar-refractivity contribution in [2.45, 2.75) is 20.8 Å². The van der Waals surface area contributed by atoms with E-state index in [4.69, 9.17) is 0 Å². The Balaban J connectivity index is 1.63. The average Bonchev–Trinajstić information content (AvgIpc) is 2.65. The van der Waals surface area contributed by atoms with Gasteiger partial charge in [0.1, 0.15) is 0 Å². The van der Waals surface area contributed by atoms with Gasteiger partial charge in [0.2, 0.25) is 5.95 Å². The van der Waals surface area contributed by atoms with Crippen LogP contribution in [0.1, 0.15) is 16.7 Å². The molecular formula is C21H20N6. The fourth-order valence-electron chi connectivity index (χ4n) is 3.25. The lowest BCUT2D eigenvalue weighted by Gasteiger charge is -2.13. The lowest BCUT2D eigenvalue weighted by molar-refractivity contribution is 0.982. The number of benzene rings is 2. The fourth-order valence-corrected chi connectivity index (χ4v) is 3.25. The normalized spacial score (nSPS) is 10.8. The molecule has 0 atom stereocenters. The second kappa shape index (κ2) is 6.99. The van der Waals surface area contributed by atoms with Crippen molar-refractivity contribution in [3.63, 3.8) is 0 Å². The standard InChI is InChI=1S/C21H20N6/c1-13-10-14(2)19(15(3)11-13)25-18-12-23-27-21(26-18)24-17-8-4-6-16-7-5-9-22-20(16)17/h4-12H,1-3H3,(H2,24,25,26,27). The summed E-state index contributed by atoms with van der Waals surface area (Å²) in [7, 11) is 0. The van der Waals surface area contributed by atoms with E-state index < -0.39 is 0 Å². The molecule has 2 N–H and O–H groups in total. The van der Waals surface area contributed by atoms with Gasteiger partial charge in [-0.1, -0.05) is 35.9 Å². The van der Waals surface area contributed by atoms with Gasteiger partial charge in [0.05, 0.1) is 17.4 Å². The topological polar surface area (TPSA) is 75.6 Å². The first-order chi connectivity index (χ1) is 13.1. The molecule has 4 aromatic rings. The summed E-state index contributed by atoms with van der Waals surface area (Å²) in [5.74, 6) is 1.05. The first-order valence-electron chi connectivity index (χ1n) is 8.75. The number of para-hydroxylation sites is 1. The van der Waals surface area contributed by atoms with Crippen molar-refractivity contribution in [2.24, 2.45) is 0 Å². The first-order valence-corrected chi connectivity index (χ1v) is 8.75. The summed E-state index contributed by atoms with van der Waals surface area (Å²) < 4.78 is 0. The van der Waals surface area contributed by atoms with Crippen LogP contribution in [0, 0.1) is 20.8 Å². The molecular weight excluding hydrogens is 336 g/mol. The molecule has 4 rings (SSSR count). The molecule has 2 heterocycles. The lowest BCUT2D eigenvalue weighted by atomic mass is 10.1. The average molecular weight is 356 g/mol. The van der Waals surface area contributed by atoms with Crippen LogP contribution in [0.4, 0.5) is 23.1 Å². The van der Waals surface area contributed by atoms with Crippen LogP contribution >= 0.6 is 0 Å². The number of nitrogens with one attached hydrogen (secondary N) is 2. The molecule has 0 radical (unpaired) electrons. The predicted octanol–water partition coefficient (Wildman–Crippen LogP) is 4.83. The van der Waals surface area contributed by atoms with Crippen LogP contribution in [0.2, 0.25) is 0 Å². The van der Waals surface area contributed by atoms with Crippen molar-refractivity contribution >= 4 is 34.0 Å². The first kappa shape index (κ1) is 16.9. The van der Waals surface area contributed by atoms with Gasteiger partial charge in [-0.15, -0.1) is 5.10 Å². The molecule has 0 unspecified atom stereocenters. The Labute approximate surface area is 157 Å². The summed E-state index contributed by atoms with van der Waals surface area (Å²) in [6, 6.07) is 14.2. The molecule has 134 valence electrons. The van der Waals surface area contributed by atoms with Crippen LogP contribution in [0.15, 0.2) is 54.9 Å². The van der Waals surface area contributed by atoms with Crippen molar-refractivity contribution < 1.29 is 0 Å². The van der Waals surface area contributed by atoms with Gasteiger partial charge in [0.25, 0.3) is 0 Å². The van der Waals surface area contributed by atoms with Gasteiger partial charge in [-0.25, -0.2) is 0 Å². The number of anilines is 4. The molecule has 0 fully saturated rings. The van der Waals surface area contributed by atoms with Crippen molar-refractivity contribution in [2.75, 3.05) is 10.6 Å². The molecule has 27 heavy (non-hydrogen) atoms. The van der Waals surface area contributed by atoms with Crippen LogP contribution in [-0.4, -0.2) is 20.2 Å². The van der Waals surface area contributed by atoms with E-state index in [0.29, 0.717) is 11.8 Å². The molecule has 0 saturated heterocycles. The minimum Gasteiger partial charge on any atom is -0.338 e. The summed E-state index contributed by atoms with van der Waals surface area (Å²) in [6.07, 6.45) is 3.39. The predicted molar refractivity (Wildman–Crippen MR) is 109 cm³/mol. The number of hydrogen-bond acceptors (Lipinski definition) is 6. The number of nitrogens with zero attached hydrogens (tertiary/aromatic N) is 4. The summed E-state index contributed by atoms with van der Waals surface area (Å²) in [5, 5.41) is 15.8. The Morgan fingerprint density at radius 2 is 1.67 bits per heavy atom. The molecule has 0 spiro atoms. The monoisotopic (exact) mass is 356 g/mol. The van der Waals surface area contributed by atoms with E-state index in [1.807, 2.05) is 30.3 Å². The number of aromatic nitrogens is 4. The highest BCUT2D eigenvalue weighted by atomic mass is 15.3. The molecule has 0 aliphatic carbocycles. The number of pyridine rings is 1. The third-order valence-corrected chi connectivity index (χ3v) is 4.37. The number of hydrogen-bond donors (Lipinski definition) is 2. The molecule has 6 heteroatoms. The largest absolute Gasteiger partial charge is 0.338 e. The molecule has 2 aromatic heterocycles. The van der Waals surface area contributed by atoms with E-state index in [1.54, 1.807) is 12.4 Å². The SMILES string of the molecule is Cc1cc(C)c(Nc2cnnc(Nc3cccc4cccnc34)n2)c(C)c1. The minimum absolute atomic E-state index is 0.417. The Kier molecular flexibility index (Phi) is 4.38. The molecule has 0 aliphatic rings.